The van der Waals surface area contributed by atoms with Crippen molar-refractivity contribution in [3.8, 4) is 6.07 Å². The predicted octanol–water partition coefficient (Wildman–Crippen LogP) is 3.83. The van der Waals surface area contributed by atoms with Gasteiger partial charge in [-0.2, -0.15) is 22.8 Å². The van der Waals surface area contributed by atoms with Gasteiger partial charge in [-0.15, -0.1) is 0 Å². The number of anilines is 1. The van der Waals surface area contributed by atoms with Gasteiger partial charge in [0.2, 0.25) is 0 Å². The predicted molar refractivity (Wildman–Crippen MR) is 76.7 cm³/mol. The van der Waals surface area contributed by atoms with Crippen molar-refractivity contribution in [1.29, 1.82) is 5.26 Å². The first kappa shape index (κ1) is 16.5. The van der Waals surface area contributed by atoms with E-state index in [0.717, 1.165) is 17.6 Å². The first-order chi connectivity index (χ1) is 10.3. The van der Waals surface area contributed by atoms with Crippen molar-refractivity contribution in [3.63, 3.8) is 0 Å². The molecule has 2 rings (SSSR count). The second-order valence-corrected chi connectivity index (χ2v) is 5.40. The number of aliphatic hydroxyl groups excluding tert-OH is 1. The molecule has 116 valence electrons. The Balaban J connectivity index is 2.17. The third-order valence-corrected chi connectivity index (χ3v) is 4.02. The molecule has 0 saturated carbocycles. The third kappa shape index (κ3) is 3.50. The number of aromatic nitrogens is 1. The molecule has 0 amide bonds. The number of hydrogen-bond donors (Lipinski definition) is 2. The number of benzene rings is 1. The Morgan fingerprint density at radius 3 is 2.73 bits per heavy atom. The van der Waals surface area contributed by atoms with Crippen LogP contribution in [0, 0.1) is 11.3 Å². The number of halogens is 4. The van der Waals surface area contributed by atoms with Crippen LogP contribution in [0.25, 0.3) is 0 Å². The normalized spacial score (nSPS) is 12.7. The van der Waals surface area contributed by atoms with Crippen molar-refractivity contribution in [1.82, 2.24) is 4.37 Å². The first-order valence-electron chi connectivity index (χ1n) is 5.98. The second kappa shape index (κ2) is 6.52. The van der Waals surface area contributed by atoms with Gasteiger partial charge in [-0.3, -0.25) is 0 Å². The number of nitriles is 1. The SMILES string of the molecule is N#Cc1c(Cl)nsc1NCC(O)c1ccccc1C(F)(F)F. The topological polar surface area (TPSA) is 68.9 Å². The van der Waals surface area contributed by atoms with Gasteiger partial charge in [-0.1, -0.05) is 29.8 Å². The van der Waals surface area contributed by atoms with Gasteiger partial charge in [0, 0.05) is 6.54 Å². The number of nitrogens with zero attached hydrogens (tertiary/aromatic N) is 2. The monoisotopic (exact) mass is 347 g/mol. The lowest BCUT2D eigenvalue weighted by Crippen LogP contribution is -2.17. The Morgan fingerprint density at radius 2 is 2.09 bits per heavy atom. The highest BCUT2D eigenvalue weighted by atomic mass is 35.5. The highest BCUT2D eigenvalue weighted by Crippen LogP contribution is 2.35. The summed E-state index contributed by atoms with van der Waals surface area (Å²) in [6.45, 7) is -0.208. The van der Waals surface area contributed by atoms with Crippen LogP contribution in [0.3, 0.4) is 0 Å². The van der Waals surface area contributed by atoms with Gasteiger partial charge in [0.25, 0.3) is 0 Å². The Hall–Kier alpha value is -1.82. The molecule has 0 bridgehead atoms. The van der Waals surface area contributed by atoms with Crippen LogP contribution in [0.15, 0.2) is 24.3 Å². The molecule has 0 aliphatic rings. The van der Waals surface area contributed by atoms with Gasteiger partial charge in [0.1, 0.15) is 16.6 Å². The summed E-state index contributed by atoms with van der Waals surface area (Å²) in [4.78, 5) is 0. The molecule has 1 aromatic heterocycles. The van der Waals surface area contributed by atoms with E-state index in [1.54, 1.807) is 0 Å². The van der Waals surface area contributed by atoms with E-state index in [-0.39, 0.29) is 22.8 Å². The molecule has 0 radical (unpaired) electrons. The molecule has 4 nitrogen and oxygen atoms in total. The van der Waals surface area contributed by atoms with Crippen molar-refractivity contribution in [3.05, 3.63) is 46.1 Å². The van der Waals surface area contributed by atoms with Gasteiger partial charge in [0.05, 0.1) is 11.7 Å². The second-order valence-electron chi connectivity index (χ2n) is 4.27. The zero-order valence-electron chi connectivity index (χ0n) is 10.9. The lowest BCUT2D eigenvalue weighted by Gasteiger charge is -2.17. The van der Waals surface area contributed by atoms with Crippen molar-refractivity contribution < 1.29 is 18.3 Å². The van der Waals surface area contributed by atoms with E-state index in [1.165, 1.54) is 18.2 Å². The molecule has 2 aromatic rings. The molecule has 1 aromatic carbocycles. The van der Waals surface area contributed by atoms with Crippen LogP contribution in [0.2, 0.25) is 5.15 Å². The number of hydrogen-bond acceptors (Lipinski definition) is 5. The molecule has 0 spiro atoms. The van der Waals surface area contributed by atoms with Crippen LogP contribution >= 0.6 is 23.1 Å². The molecular formula is C13H9ClF3N3OS. The van der Waals surface area contributed by atoms with E-state index in [9.17, 15) is 18.3 Å². The molecule has 0 aliphatic heterocycles. The van der Waals surface area contributed by atoms with Gasteiger partial charge >= 0.3 is 6.18 Å². The lowest BCUT2D eigenvalue weighted by molar-refractivity contribution is -0.139. The minimum absolute atomic E-state index is 0.0141. The smallest absolute Gasteiger partial charge is 0.387 e. The lowest BCUT2D eigenvalue weighted by atomic mass is 10.0. The molecule has 22 heavy (non-hydrogen) atoms. The molecule has 1 heterocycles. The Morgan fingerprint density at radius 1 is 1.41 bits per heavy atom. The molecule has 0 saturated heterocycles. The Bertz CT molecular complexity index is 711. The van der Waals surface area contributed by atoms with E-state index in [0.29, 0.717) is 5.00 Å². The standard InChI is InChI=1S/C13H9ClF3N3OS/c14-11-8(5-18)12(22-20-11)19-6-10(21)7-3-1-2-4-9(7)13(15,16)17/h1-4,10,19,21H,6H2. The minimum atomic E-state index is -4.55. The summed E-state index contributed by atoms with van der Waals surface area (Å²) in [6.07, 6.45) is -5.95. The summed E-state index contributed by atoms with van der Waals surface area (Å²) >= 11 is 6.59. The van der Waals surface area contributed by atoms with Crippen molar-refractivity contribution in [2.75, 3.05) is 11.9 Å². The van der Waals surface area contributed by atoms with Crippen LogP contribution in [0.1, 0.15) is 22.8 Å². The average Bonchev–Trinajstić information content (AvgIpc) is 2.84. The van der Waals surface area contributed by atoms with Gasteiger partial charge in [-0.05, 0) is 23.2 Å². The van der Waals surface area contributed by atoms with E-state index in [2.05, 4.69) is 9.69 Å². The number of nitrogens with one attached hydrogen (secondary N) is 1. The zero-order chi connectivity index (χ0) is 16.3. The molecule has 0 aliphatic carbocycles. The van der Waals surface area contributed by atoms with Crippen LogP contribution in [0.4, 0.5) is 18.2 Å². The average molecular weight is 348 g/mol. The summed E-state index contributed by atoms with van der Waals surface area (Å²) < 4.78 is 42.4. The maximum Gasteiger partial charge on any atom is 0.416 e. The van der Waals surface area contributed by atoms with Crippen molar-refractivity contribution >= 4 is 28.1 Å². The fourth-order valence-electron chi connectivity index (χ4n) is 1.83. The number of rotatable bonds is 4. The summed E-state index contributed by atoms with van der Waals surface area (Å²) in [6, 6.07) is 6.62. The van der Waals surface area contributed by atoms with Crippen LogP contribution in [-0.4, -0.2) is 16.0 Å². The van der Waals surface area contributed by atoms with Crippen LogP contribution in [0.5, 0.6) is 0 Å². The fraction of sp³-hybridized carbons (Fsp3) is 0.231. The van der Waals surface area contributed by atoms with E-state index in [1.807, 2.05) is 6.07 Å². The maximum absolute atomic E-state index is 12.9. The minimum Gasteiger partial charge on any atom is -0.387 e. The van der Waals surface area contributed by atoms with Gasteiger partial charge in [-0.25, -0.2) is 0 Å². The summed E-state index contributed by atoms with van der Waals surface area (Å²) in [7, 11) is 0. The molecule has 1 atom stereocenters. The quantitative estimate of drug-likeness (QED) is 0.882. The fourth-order valence-corrected chi connectivity index (χ4v) is 2.77. The highest BCUT2D eigenvalue weighted by molar-refractivity contribution is 7.10. The van der Waals surface area contributed by atoms with Crippen molar-refractivity contribution in [2.45, 2.75) is 12.3 Å². The van der Waals surface area contributed by atoms with Crippen molar-refractivity contribution in [2.24, 2.45) is 0 Å². The molecule has 0 fully saturated rings. The van der Waals surface area contributed by atoms with Crippen LogP contribution < -0.4 is 5.32 Å². The maximum atomic E-state index is 12.9. The summed E-state index contributed by atoms with van der Waals surface area (Å²) in [5.41, 5.74) is -1.04. The summed E-state index contributed by atoms with van der Waals surface area (Å²) in [5, 5.41) is 21.9. The van der Waals surface area contributed by atoms with E-state index < -0.39 is 17.8 Å². The zero-order valence-corrected chi connectivity index (χ0v) is 12.4. The Kier molecular flexibility index (Phi) is 4.90. The van der Waals surface area contributed by atoms with Gasteiger partial charge in [0.15, 0.2) is 5.15 Å². The summed E-state index contributed by atoms with van der Waals surface area (Å²) in [5.74, 6) is 0. The molecular weight excluding hydrogens is 339 g/mol. The van der Waals surface area contributed by atoms with E-state index >= 15 is 0 Å². The third-order valence-electron chi connectivity index (χ3n) is 2.84. The highest BCUT2D eigenvalue weighted by Gasteiger charge is 2.34. The number of aliphatic hydroxyl groups is 1. The van der Waals surface area contributed by atoms with E-state index in [4.69, 9.17) is 16.9 Å². The number of alkyl halides is 3. The molecule has 2 N–H and O–H groups in total. The van der Waals surface area contributed by atoms with Gasteiger partial charge < -0.3 is 10.4 Å². The Labute approximate surface area is 132 Å². The largest absolute Gasteiger partial charge is 0.416 e. The first-order valence-corrected chi connectivity index (χ1v) is 7.13. The molecule has 1 unspecified atom stereocenters. The van der Waals surface area contributed by atoms with Crippen LogP contribution in [-0.2, 0) is 6.18 Å². The molecule has 9 heteroatoms.